The largest absolute Gasteiger partial charge is 0.207 e. The highest BCUT2D eigenvalue weighted by molar-refractivity contribution is 5.36. The molecule has 0 nitrogen and oxygen atoms in total. The molecule has 0 spiro atoms. The van der Waals surface area contributed by atoms with Gasteiger partial charge in [0.05, 0.1) is 0 Å². The van der Waals surface area contributed by atoms with Gasteiger partial charge in [0.25, 0.3) is 0 Å². The van der Waals surface area contributed by atoms with E-state index in [9.17, 15) is 8.78 Å². The van der Waals surface area contributed by atoms with Crippen LogP contribution in [0.5, 0.6) is 0 Å². The highest BCUT2D eigenvalue weighted by Gasteiger charge is 2.25. The Labute approximate surface area is 233 Å². The van der Waals surface area contributed by atoms with Crippen molar-refractivity contribution in [1.82, 2.24) is 0 Å². The van der Waals surface area contributed by atoms with Gasteiger partial charge < -0.3 is 0 Å². The van der Waals surface area contributed by atoms with Crippen molar-refractivity contribution in [2.75, 3.05) is 0 Å². The van der Waals surface area contributed by atoms with Crippen molar-refractivity contribution in [3.05, 3.63) is 58.7 Å². The summed E-state index contributed by atoms with van der Waals surface area (Å²) in [4.78, 5) is 0. The Hall–Kier alpha value is -1.44. The first kappa shape index (κ1) is 31.1. The second-order valence-corrected chi connectivity index (χ2v) is 12.4. The first-order valence-corrected chi connectivity index (χ1v) is 16.5. The third-order valence-corrected chi connectivity index (χ3v) is 9.28. The second kappa shape index (κ2) is 18.0. The van der Waals surface area contributed by atoms with E-state index in [-0.39, 0.29) is 23.1 Å². The lowest BCUT2D eigenvalue weighted by Crippen LogP contribution is -2.17. The van der Waals surface area contributed by atoms with E-state index in [1.807, 2.05) is 0 Å². The Morgan fingerprint density at radius 2 is 1.24 bits per heavy atom. The number of unbranched alkanes of at least 4 members (excludes halogenated alkanes) is 12. The Morgan fingerprint density at radius 3 is 1.79 bits per heavy atom. The molecule has 0 aromatic heterocycles. The Morgan fingerprint density at radius 1 is 0.684 bits per heavy atom. The molecule has 0 saturated heterocycles. The molecule has 0 amide bonds. The maximum absolute atomic E-state index is 14.9. The zero-order chi connectivity index (χ0) is 27.0. The lowest BCUT2D eigenvalue weighted by molar-refractivity contribution is 0.282. The van der Waals surface area contributed by atoms with Crippen LogP contribution in [0.1, 0.15) is 159 Å². The van der Waals surface area contributed by atoms with Crippen LogP contribution in [0.15, 0.2) is 35.9 Å². The van der Waals surface area contributed by atoms with E-state index in [0.717, 1.165) is 30.7 Å². The first-order valence-electron chi connectivity index (χ1n) is 16.5. The molecule has 1 aromatic carbocycles. The highest BCUT2D eigenvalue weighted by atomic mass is 19.1. The molecule has 0 aliphatic heterocycles. The van der Waals surface area contributed by atoms with Crippen LogP contribution in [0.4, 0.5) is 8.78 Å². The molecule has 214 valence electrons. The zero-order valence-electron chi connectivity index (χ0n) is 24.7. The van der Waals surface area contributed by atoms with Crippen molar-refractivity contribution in [3.8, 4) is 0 Å². The predicted octanol–water partition coefficient (Wildman–Crippen LogP) is 12.2. The fourth-order valence-corrected chi connectivity index (χ4v) is 6.70. The molecule has 3 rings (SSSR count). The van der Waals surface area contributed by atoms with Crippen molar-refractivity contribution in [2.24, 2.45) is 11.8 Å². The third kappa shape index (κ3) is 10.6. The number of allylic oxidation sites excluding steroid dienone is 4. The van der Waals surface area contributed by atoms with Crippen LogP contribution >= 0.6 is 0 Å². The summed E-state index contributed by atoms with van der Waals surface area (Å²) in [6.45, 7) is 4.52. The van der Waals surface area contributed by atoms with E-state index >= 15 is 0 Å². The summed E-state index contributed by atoms with van der Waals surface area (Å²) in [6.07, 6.45) is 32.9. The van der Waals surface area contributed by atoms with E-state index < -0.39 is 0 Å². The second-order valence-electron chi connectivity index (χ2n) is 12.4. The van der Waals surface area contributed by atoms with E-state index in [2.05, 4.69) is 32.1 Å². The van der Waals surface area contributed by atoms with Crippen molar-refractivity contribution < 1.29 is 8.78 Å². The van der Waals surface area contributed by atoms with Gasteiger partial charge in [0.1, 0.15) is 11.6 Å². The maximum atomic E-state index is 14.9. The van der Waals surface area contributed by atoms with Gasteiger partial charge in [-0.25, -0.2) is 8.78 Å². The quantitative estimate of drug-likeness (QED) is 0.167. The van der Waals surface area contributed by atoms with Crippen LogP contribution in [0, 0.1) is 23.5 Å². The summed E-state index contributed by atoms with van der Waals surface area (Å²) in [6, 6.07) is 3.20. The average Bonchev–Trinajstić information content (AvgIpc) is 2.93. The van der Waals surface area contributed by atoms with Gasteiger partial charge in [0.15, 0.2) is 0 Å². The lowest BCUT2D eigenvalue weighted by atomic mass is 9.75. The van der Waals surface area contributed by atoms with Gasteiger partial charge >= 0.3 is 0 Å². The van der Waals surface area contributed by atoms with Gasteiger partial charge in [-0.15, -0.1) is 0 Å². The van der Waals surface area contributed by atoms with Gasteiger partial charge in [-0.05, 0) is 80.1 Å². The van der Waals surface area contributed by atoms with Crippen molar-refractivity contribution in [3.63, 3.8) is 0 Å². The molecule has 0 heterocycles. The third-order valence-electron chi connectivity index (χ3n) is 9.28. The van der Waals surface area contributed by atoms with Crippen LogP contribution in [-0.4, -0.2) is 0 Å². The Bertz CT molecular complexity index is 820. The summed E-state index contributed by atoms with van der Waals surface area (Å²) in [5.74, 6) is 0.984. The molecule has 1 saturated carbocycles. The predicted molar refractivity (Wildman–Crippen MR) is 161 cm³/mol. The molecule has 1 unspecified atom stereocenters. The standard InChI is InChI=1S/C36H56F2/c1-3-5-7-9-11-12-14-16-18-34-35(37)27-33(28-36(34)38)32-25-23-31(24-26-32)30-21-19-29(20-22-30)17-15-13-10-8-6-4-2/h23-25,27-30,32H,3-22,26H2,1-2H3/t29-,30-,32?. The molecule has 1 fully saturated rings. The van der Waals surface area contributed by atoms with Crippen molar-refractivity contribution in [2.45, 2.75) is 155 Å². The lowest BCUT2D eigenvalue weighted by Gasteiger charge is -2.31. The van der Waals surface area contributed by atoms with E-state index in [4.69, 9.17) is 0 Å². The van der Waals surface area contributed by atoms with Gasteiger partial charge in [0.2, 0.25) is 0 Å². The normalized spacial score (nSPS) is 21.6. The van der Waals surface area contributed by atoms with Crippen molar-refractivity contribution in [1.29, 1.82) is 0 Å². The van der Waals surface area contributed by atoms with Gasteiger partial charge in [-0.2, -0.15) is 0 Å². The van der Waals surface area contributed by atoms with Gasteiger partial charge in [0, 0.05) is 11.5 Å². The Balaban J connectivity index is 1.38. The fraction of sp³-hybridized carbons (Fsp3) is 0.722. The molecule has 0 radical (unpaired) electrons. The van der Waals surface area contributed by atoms with Crippen molar-refractivity contribution >= 4 is 0 Å². The molecule has 2 heteroatoms. The summed E-state index contributed by atoms with van der Waals surface area (Å²) < 4.78 is 29.7. The minimum absolute atomic E-state index is 0.0870. The molecule has 0 bridgehead atoms. The van der Waals surface area contributed by atoms with E-state index in [1.54, 1.807) is 12.1 Å². The number of halogens is 2. The molecule has 38 heavy (non-hydrogen) atoms. The molecular weight excluding hydrogens is 470 g/mol. The highest BCUT2D eigenvalue weighted by Crippen LogP contribution is 2.39. The molecule has 2 aliphatic carbocycles. The number of rotatable bonds is 18. The number of hydrogen-bond donors (Lipinski definition) is 0. The average molecular weight is 527 g/mol. The van der Waals surface area contributed by atoms with Gasteiger partial charge in [-0.3, -0.25) is 0 Å². The van der Waals surface area contributed by atoms with Crippen LogP contribution in [0.2, 0.25) is 0 Å². The topological polar surface area (TPSA) is 0 Å². The molecule has 2 aliphatic rings. The molecular formula is C36H56F2. The smallest absolute Gasteiger partial charge is 0.129 e. The zero-order valence-corrected chi connectivity index (χ0v) is 24.7. The minimum Gasteiger partial charge on any atom is -0.207 e. The monoisotopic (exact) mass is 526 g/mol. The SMILES string of the molecule is CCCCCCCCCCc1c(F)cc(C2C=CC([C@H]3CC[C@H](CCCCCCCC)CC3)=CC2)cc1F. The number of benzene rings is 1. The van der Waals surface area contributed by atoms with Crippen LogP contribution in [0.25, 0.3) is 0 Å². The van der Waals surface area contributed by atoms with Crippen LogP contribution in [0.3, 0.4) is 0 Å². The first-order chi connectivity index (χ1) is 18.6. The van der Waals surface area contributed by atoms with Gasteiger partial charge in [-0.1, -0.05) is 122 Å². The molecule has 0 N–H and O–H groups in total. The van der Waals surface area contributed by atoms with Crippen LogP contribution in [-0.2, 0) is 6.42 Å². The molecule has 1 aromatic rings. The fourth-order valence-electron chi connectivity index (χ4n) is 6.70. The maximum Gasteiger partial charge on any atom is 0.129 e. The summed E-state index contributed by atoms with van der Waals surface area (Å²) in [5.41, 5.74) is 2.54. The molecule has 1 atom stereocenters. The Kier molecular flexibility index (Phi) is 14.7. The number of hydrogen-bond acceptors (Lipinski definition) is 0. The summed E-state index contributed by atoms with van der Waals surface area (Å²) >= 11 is 0. The minimum atomic E-state index is -0.352. The summed E-state index contributed by atoms with van der Waals surface area (Å²) in [7, 11) is 0. The van der Waals surface area contributed by atoms with E-state index in [1.165, 1.54) is 115 Å². The van der Waals surface area contributed by atoms with E-state index in [0.29, 0.717) is 12.3 Å². The summed E-state index contributed by atoms with van der Waals surface area (Å²) in [5, 5.41) is 0. The van der Waals surface area contributed by atoms with Crippen LogP contribution < -0.4 is 0 Å².